The van der Waals surface area contributed by atoms with E-state index >= 15 is 0 Å². The Kier molecular flexibility index (Phi) is 6.17. The zero-order chi connectivity index (χ0) is 28.8. The molecule has 0 spiro atoms. The molecule has 0 aliphatic heterocycles. The van der Waals surface area contributed by atoms with Crippen molar-refractivity contribution in [2.45, 2.75) is 13.8 Å². The number of aryl methyl sites for hydroxylation is 2. The van der Waals surface area contributed by atoms with Crippen LogP contribution in [0.3, 0.4) is 0 Å². The molecule has 7 rings (SSSR count). The van der Waals surface area contributed by atoms with E-state index < -0.39 is 0 Å². The molecule has 202 valence electrons. The molecular formula is C38H26O4. The number of carbonyl (C=O) groups excluding carboxylic acids is 2. The van der Waals surface area contributed by atoms with Crippen LogP contribution in [-0.2, 0) is 0 Å². The summed E-state index contributed by atoms with van der Waals surface area (Å²) in [5, 5.41) is 1.64. The number of furan rings is 2. The van der Waals surface area contributed by atoms with Crippen LogP contribution in [0.2, 0.25) is 0 Å². The van der Waals surface area contributed by atoms with Gasteiger partial charge in [0, 0.05) is 39.1 Å². The molecule has 0 fully saturated rings. The van der Waals surface area contributed by atoms with E-state index in [9.17, 15) is 9.59 Å². The number of carbonyl (C=O) groups is 2. The normalized spacial score (nSPS) is 11.3. The quantitative estimate of drug-likeness (QED) is 0.195. The van der Waals surface area contributed by atoms with E-state index in [2.05, 4.69) is 0 Å². The van der Waals surface area contributed by atoms with E-state index in [0.717, 1.165) is 44.2 Å². The number of benzene rings is 5. The maximum Gasteiger partial charge on any atom is 0.228 e. The van der Waals surface area contributed by atoms with E-state index in [4.69, 9.17) is 8.83 Å². The Bertz CT molecular complexity index is 1940. The minimum absolute atomic E-state index is 0.175. The Morgan fingerprint density at radius 1 is 0.452 bits per heavy atom. The lowest BCUT2D eigenvalue weighted by atomic mass is 9.99. The van der Waals surface area contributed by atoms with Gasteiger partial charge in [0.2, 0.25) is 11.6 Å². The van der Waals surface area contributed by atoms with E-state index in [1.165, 1.54) is 0 Å². The first-order chi connectivity index (χ1) is 20.5. The van der Waals surface area contributed by atoms with Crippen molar-refractivity contribution in [3.8, 4) is 22.3 Å². The molecular weight excluding hydrogens is 520 g/mol. The number of rotatable bonds is 6. The summed E-state index contributed by atoms with van der Waals surface area (Å²) in [6.07, 6.45) is 0. The van der Waals surface area contributed by atoms with Gasteiger partial charge in [-0.25, -0.2) is 0 Å². The van der Waals surface area contributed by atoms with Crippen LogP contribution in [0.4, 0.5) is 0 Å². The van der Waals surface area contributed by atoms with Crippen LogP contribution < -0.4 is 0 Å². The van der Waals surface area contributed by atoms with E-state index in [0.29, 0.717) is 33.8 Å². The molecule has 0 amide bonds. The lowest BCUT2D eigenvalue weighted by Crippen LogP contribution is -2.01. The summed E-state index contributed by atoms with van der Waals surface area (Å²) in [6.45, 7) is 3.78. The third kappa shape index (κ3) is 4.34. The zero-order valence-corrected chi connectivity index (χ0v) is 23.2. The molecule has 0 aliphatic rings. The highest BCUT2D eigenvalue weighted by molar-refractivity contribution is 6.13. The highest BCUT2D eigenvalue weighted by Crippen LogP contribution is 2.35. The largest absolute Gasteiger partial charge is 0.452 e. The van der Waals surface area contributed by atoms with Gasteiger partial charge in [-0.2, -0.15) is 0 Å². The molecule has 0 bridgehead atoms. The summed E-state index contributed by atoms with van der Waals surface area (Å²) >= 11 is 0. The molecule has 7 aromatic rings. The Labute approximate surface area is 242 Å². The predicted molar refractivity (Wildman–Crippen MR) is 166 cm³/mol. The fraction of sp³-hybridized carbons (Fsp3) is 0.0526. The van der Waals surface area contributed by atoms with Crippen molar-refractivity contribution >= 4 is 33.5 Å². The summed E-state index contributed by atoms with van der Waals surface area (Å²) in [7, 11) is 0. The monoisotopic (exact) mass is 546 g/mol. The van der Waals surface area contributed by atoms with Crippen molar-refractivity contribution in [2.24, 2.45) is 0 Å². The average molecular weight is 547 g/mol. The zero-order valence-electron chi connectivity index (χ0n) is 23.2. The van der Waals surface area contributed by atoms with Gasteiger partial charge in [0.15, 0.2) is 11.5 Å². The number of hydrogen-bond acceptors (Lipinski definition) is 4. The SMILES string of the molecule is Cc1c(C(=O)c2ccc(-c3ccccc3)cc2)oc2cc3oc(C(=O)c4ccc(-c5ccccc5)cc4)c(C)c3cc12. The molecule has 0 saturated heterocycles. The lowest BCUT2D eigenvalue weighted by Gasteiger charge is -2.04. The summed E-state index contributed by atoms with van der Waals surface area (Å²) in [5.74, 6) is 0.257. The van der Waals surface area contributed by atoms with Gasteiger partial charge in [-0.15, -0.1) is 0 Å². The van der Waals surface area contributed by atoms with Crippen LogP contribution in [0.25, 0.3) is 44.2 Å². The fourth-order valence-electron chi connectivity index (χ4n) is 5.52. The first kappa shape index (κ1) is 25.5. The summed E-state index contributed by atoms with van der Waals surface area (Å²) in [6, 6.07) is 38.9. The molecule has 0 saturated carbocycles. The first-order valence-corrected chi connectivity index (χ1v) is 13.8. The Morgan fingerprint density at radius 3 is 1.19 bits per heavy atom. The van der Waals surface area contributed by atoms with Crippen LogP contribution in [-0.4, -0.2) is 11.6 Å². The molecule has 0 aliphatic carbocycles. The van der Waals surface area contributed by atoms with Crippen LogP contribution in [0.15, 0.2) is 130 Å². The van der Waals surface area contributed by atoms with Gasteiger partial charge < -0.3 is 8.83 Å². The van der Waals surface area contributed by atoms with Crippen molar-refractivity contribution < 1.29 is 18.4 Å². The second kappa shape index (κ2) is 10.2. The van der Waals surface area contributed by atoms with Crippen LogP contribution >= 0.6 is 0 Å². The van der Waals surface area contributed by atoms with Crippen molar-refractivity contribution in [2.75, 3.05) is 0 Å². The Hall–Kier alpha value is -5.48. The molecule has 0 atom stereocenters. The summed E-state index contributed by atoms with van der Waals surface area (Å²) < 4.78 is 12.2. The smallest absolute Gasteiger partial charge is 0.228 e. The van der Waals surface area contributed by atoms with Gasteiger partial charge in [-0.1, -0.05) is 109 Å². The molecule has 5 aromatic carbocycles. The van der Waals surface area contributed by atoms with Crippen molar-refractivity contribution in [1.82, 2.24) is 0 Å². The van der Waals surface area contributed by atoms with Gasteiger partial charge >= 0.3 is 0 Å². The van der Waals surface area contributed by atoms with Crippen LogP contribution in [0.5, 0.6) is 0 Å². The van der Waals surface area contributed by atoms with Gasteiger partial charge in [0.1, 0.15) is 11.2 Å². The molecule has 2 aromatic heterocycles. The molecule has 0 N–H and O–H groups in total. The number of fused-ring (bicyclic) bond motifs is 2. The van der Waals surface area contributed by atoms with Crippen molar-refractivity contribution in [3.63, 3.8) is 0 Å². The summed E-state index contributed by atoms with van der Waals surface area (Å²) in [5.41, 5.74) is 8.00. The molecule has 42 heavy (non-hydrogen) atoms. The van der Waals surface area contributed by atoms with Gasteiger partial charge in [0.05, 0.1) is 0 Å². The lowest BCUT2D eigenvalue weighted by molar-refractivity contribution is 0.100. The van der Waals surface area contributed by atoms with Gasteiger partial charge in [-0.3, -0.25) is 9.59 Å². The fourth-order valence-corrected chi connectivity index (χ4v) is 5.52. The van der Waals surface area contributed by atoms with Crippen molar-refractivity contribution in [3.05, 3.63) is 155 Å². The summed E-state index contributed by atoms with van der Waals surface area (Å²) in [4.78, 5) is 26.9. The first-order valence-electron chi connectivity index (χ1n) is 13.8. The Balaban J connectivity index is 1.19. The Morgan fingerprint density at radius 2 is 0.810 bits per heavy atom. The van der Waals surface area contributed by atoms with E-state index in [1.54, 1.807) is 6.07 Å². The molecule has 4 heteroatoms. The molecule has 0 radical (unpaired) electrons. The minimum Gasteiger partial charge on any atom is -0.452 e. The average Bonchev–Trinajstić information content (AvgIpc) is 3.55. The van der Waals surface area contributed by atoms with Crippen molar-refractivity contribution in [1.29, 1.82) is 0 Å². The third-order valence-corrected chi connectivity index (χ3v) is 7.92. The maximum atomic E-state index is 13.4. The second-order valence-corrected chi connectivity index (χ2v) is 10.5. The number of hydrogen-bond donors (Lipinski definition) is 0. The molecule has 4 nitrogen and oxygen atoms in total. The maximum absolute atomic E-state index is 13.4. The standard InChI is InChI=1S/C38H26O4/c1-23-31-21-32-24(2)38(36(40)30-19-15-28(16-20-30)26-11-7-4-8-12-26)42-34(32)22-33(31)41-37(23)35(39)29-17-13-27(14-18-29)25-9-5-3-6-10-25/h3-22H,1-2H3. The minimum atomic E-state index is -0.175. The second-order valence-electron chi connectivity index (χ2n) is 10.5. The third-order valence-electron chi connectivity index (χ3n) is 7.92. The van der Waals surface area contributed by atoms with Crippen LogP contribution in [0, 0.1) is 13.8 Å². The topological polar surface area (TPSA) is 60.4 Å². The molecule has 0 unspecified atom stereocenters. The van der Waals surface area contributed by atoms with Gasteiger partial charge in [0.25, 0.3) is 0 Å². The molecule has 2 heterocycles. The van der Waals surface area contributed by atoms with E-state index in [-0.39, 0.29) is 11.6 Å². The van der Waals surface area contributed by atoms with Crippen LogP contribution in [0.1, 0.15) is 43.4 Å². The number of ketones is 2. The highest BCUT2D eigenvalue weighted by Gasteiger charge is 2.24. The van der Waals surface area contributed by atoms with E-state index in [1.807, 2.05) is 129 Å². The highest BCUT2D eigenvalue weighted by atomic mass is 16.4. The predicted octanol–water partition coefficient (Wildman–Crippen LogP) is 9.59. The van der Waals surface area contributed by atoms with Gasteiger partial charge in [-0.05, 0) is 42.2 Å².